The summed E-state index contributed by atoms with van der Waals surface area (Å²) in [7, 11) is 0. The van der Waals surface area contributed by atoms with E-state index < -0.39 is 12.7 Å². The Morgan fingerprint density at radius 3 is 2.53 bits per heavy atom. The van der Waals surface area contributed by atoms with E-state index in [1.54, 1.807) is 0 Å². The Hall–Kier alpha value is -0.330. The minimum absolute atomic E-state index is 0.0394. The van der Waals surface area contributed by atoms with Crippen LogP contribution in [-0.2, 0) is 0 Å². The molecule has 2 atom stereocenters. The maximum atomic E-state index is 12.5. The van der Waals surface area contributed by atoms with E-state index in [1.807, 2.05) is 0 Å². The Kier molecular flexibility index (Phi) is 5.65. The Labute approximate surface area is 113 Å². The van der Waals surface area contributed by atoms with Crippen LogP contribution in [0.4, 0.5) is 13.2 Å². The van der Waals surface area contributed by atoms with Crippen LogP contribution in [0.3, 0.4) is 0 Å². The molecule has 2 unspecified atom stereocenters. The summed E-state index contributed by atoms with van der Waals surface area (Å²) >= 11 is 0. The molecule has 1 aliphatic carbocycles. The van der Waals surface area contributed by atoms with E-state index in [4.69, 9.17) is 10.8 Å². The summed E-state index contributed by atoms with van der Waals surface area (Å²) in [5.74, 6) is 0.0673. The summed E-state index contributed by atoms with van der Waals surface area (Å²) < 4.78 is 37.4. The quantitative estimate of drug-likeness (QED) is 0.811. The molecule has 0 saturated heterocycles. The predicted octanol–water partition coefficient (Wildman–Crippen LogP) is 2.00. The SMILES string of the molecule is CC1(C)CCC(N)C(CN(CCO)CC(F)(F)F)C1. The Morgan fingerprint density at radius 1 is 1.37 bits per heavy atom. The average molecular weight is 282 g/mol. The van der Waals surface area contributed by atoms with Crippen molar-refractivity contribution in [3.05, 3.63) is 0 Å². The maximum Gasteiger partial charge on any atom is 0.401 e. The number of nitrogens with two attached hydrogens (primary N) is 1. The third-order valence-electron chi connectivity index (χ3n) is 3.89. The molecule has 114 valence electrons. The molecule has 0 aromatic rings. The number of halogens is 3. The van der Waals surface area contributed by atoms with Crippen molar-refractivity contribution in [3.8, 4) is 0 Å². The minimum atomic E-state index is -4.23. The van der Waals surface area contributed by atoms with Crippen molar-refractivity contribution >= 4 is 0 Å². The van der Waals surface area contributed by atoms with Crippen molar-refractivity contribution in [2.75, 3.05) is 26.2 Å². The summed E-state index contributed by atoms with van der Waals surface area (Å²) in [6.45, 7) is 3.38. The van der Waals surface area contributed by atoms with Crippen molar-refractivity contribution in [2.24, 2.45) is 17.1 Å². The number of hydrogen-bond acceptors (Lipinski definition) is 3. The number of aliphatic hydroxyl groups excluding tert-OH is 1. The molecular formula is C13H25F3N2O. The second kappa shape index (κ2) is 6.41. The monoisotopic (exact) mass is 282 g/mol. The highest BCUT2D eigenvalue weighted by Gasteiger charge is 2.36. The van der Waals surface area contributed by atoms with Crippen LogP contribution in [0.5, 0.6) is 0 Å². The number of aliphatic hydroxyl groups is 1. The highest BCUT2D eigenvalue weighted by Crippen LogP contribution is 2.38. The molecule has 1 fully saturated rings. The fourth-order valence-corrected chi connectivity index (χ4v) is 2.92. The lowest BCUT2D eigenvalue weighted by Crippen LogP contribution is -2.47. The van der Waals surface area contributed by atoms with Crippen LogP contribution in [0, 0.1) is 11.3 Å². The normalized spacial score (nSPS) is 27.8. The first-order valence-corrected chi connectivity index (χ1v) is 6.78. The fraction of sp³-hybridized carbons (Fsp3) is 1.00. The molecule has 3 N–H and O–H groups in total. The topological polar surface area (TPSA) is 49.5 Å². The first-order valence-electron chi connectivity index (χ1n) is 6.78. The van der Waals surface area contributed by atoms with Crippen LogP contribution in [0.15, 0.2) is 0 Å². The molecule has 1 aliphatic rings. The van der Waals surface area contributed by atoms with Gasteiger partial charge in [0.25, 0.3) is 0 Å². The zero-order valence-electron chi connectivity index (χ0n) is 11.7. The molecule has 3 nitrogen and oxygen atoms in total. The smallest absolute Gasteiger partial charge is 0.395 e. The lowest BCUT2D eigenvalue weighted by Gasteiger charge is -2.41. The molecule has 0 heterocycles. The van der Waals surface area contributed by atoms with Crippen LogP contribution >= 0.6 is 0 Å². The first kappa shape index (κ1) is 16.7. The molecule has 1 saturated carbocycles. The van der Waals surface area contributed by atoms with Crippen molar-refractivity contribution < 1.29 is 18.3 Å². The molecule has 0 aromatic carbocycles. The molecular weight excluding hydrogens is 257 g/mol. The standard InChI is InChI=1S/C13H25F3N2O/c1-12(2)4-3-11(17)10(7-12)8-18(5-6-19)9-13(14,15)16/h10-11,19H,3-9,17H2,1-2H3. The van der Waals surface area contributed by atoms with Gasteiger partial charge in [0.1, 0.15) is 0 Å². The van der Waals surface area contributed by atoms with Gasteiger partial charge in [0.2, 0.25) is 0 Å². The molecule has 1 rings (SSSR count). The molecule has 6 heteroatoms. The number of hydrogen-bond donors (Lipinski definition) is 2. The molecule has 0 aromatic heterocycles. The molecule has 0 bridgehead atoms. The first-order chi connectivity index (χ1) is 8.63. The zero-order valence-corrected chi connectivity index (χ0v) is 11.7. The maximum absolute atomic E-state index is 12.5. The Balaban J connectivity index is 2.61. The zero-order chi connectivity index (χ0) is 14.7. The minimum Gasteiger partial charge on any atom is -0.395 e. The molecule has 0 spiro atoms. The van der Waals surface area contributed by atoms with E-state index in [9.17, 15) is 13.2 Å². The van der Waals surface area contributed by atoms with E-state index >= 15 is 0 Å². The van der Waals surface area contributed by atoms with Gasteiger partial charge in [0.05, 0.1) is 13.2 Å². The van der Waals surface area contributed by atoms with Gasteiger partial charge in [-0.3, -0.25) is 4.90 Å². The van der Waals surface area contributed by atoms with Gasteiger partial charge in [0, 0.05) is 19.1 Å². The summed E-state index contributed by atoms with van der Waals surface area (Å²) in [5, 5.41) is 8.89. The van der Waals surface area contributed by atoms with Gasteiger partial charge in [-0.1, -0.05) is 13.8 Å². The summed E-state index contributed by atoms with van der Waals surface area (Å²) in [4.78, 5) is 1.27. The van der Waals surface area contributed by atoms with Crippen LogP contribution < -0.4 is 5.73 Å². The van der Waals surface area contributed by atoms with E-state index in [2.05, 4.69) is 13.8 Å². The van der Waals surface area contributed by atoms with Crippen molar-refractivity contribution in [1.82, 2.24) is 4.90 Å². The third-order valence-corrected chi connectivity index (χ3v) is 3.89. The van der Waals surface area contributed by atoms with Crippen LogP contribution in [0.1, 0.15) is 33.1 Å². The summed E-state index contributed by atoms with van der Waals surface area (Å²) in [6.07, 6.45) is -1.52. The molecule has 0 aliphatic heterocycles. The lowest BCUT2D eigenvalue weighted by molar-refractivity contribution is -0.148. The van der Waals surface area contributed by atoms with Gasteiger partial charge < -0.3 is 10.8 Å². The van der Waals surface area contributed by atoms with E-state index in [1.165, 1.54) is 4.90 Å². The largest absolute Gasteiger partial charge is 0.401 e. The third kappa shape index (κ3) is 6.10. The Morgan fingerprint density at radius 2 is 2.00 bits per heavy atom. The van der Waals surface area contributed by atoms with Crippen molar-refractivity contribution in [1.29, 1.82) is 0 Å². The number of rotatable bonds is 5. The summed E-state index contributed by atoms with van der Waals surface area (Å²) in [6, 6.07) is -0.0394. The number of nitrogens with zero attached hydrogens (tertiary/aromatic N) is 1. The van der Waals surface area contributed by atoms with Crippen molar-refractivity contribution in [3.63, 3.8) is 0 Å². The van der Waals surface area contributed by atoms with E-state index in [0.717, 1.165) is 19.3 Å². The van der Waals surface area contributed by atoms with Gasteiger partial charge in [-0.25, -0.2) is 0 Å². The van der Waals surface area contributed by atoms with E-state index in [0.29, 0.717) is 6.54 Å². The van der Waals surface area contributed by atoms with E-state index in [-0.39, 0.29) is 30.5 Å². The van der Waals surface area contributed by atoms with Crippen LogP contribution in [0.25, 0.3) is 0 Å². The van der Waals surface area contributed by atoms with Crippen molar-refractivity contribution in [2.45, 2.75) is 45.3 Å². The molecule has 0 radical (unpaired) electrons. The Bertz CT molecular complexity index is 282. The van der Waals surface area contributed by atoms with Gasteiger partial charge >= 0.3 is 6.18 Å². The second-order valence-corrected chi connectivity index (χ2v) is 6.40. The van der Waals surface area contributed by atoms with Gasteiger partial charge in [-0.05, 0) is 30.6 Å². The van der Waals surface area contributed by atoms with Gasteiger partial charge in [-0.2, -0.15) is 13.2 Å². The lowest BCUT2D eigenvalue weighted by atomic mass is 9.70. The highest BCUT2D eigenvalue weighted by molar-refractivity contribution is 4.88. The summed E-state index contributed by atoms with van der Waals surface area (Å²) in [5.41, 5.74) is 6.18. The predicted molar refractivity (Wildman–Crippen MR) is 68.7 cm³/mol. The number of alkyl halides is 3. The highest BCUT2D eigenvalue weighted by atomic mass is 19.4. The fourth-order valence-electron chi connectivity index (χ4n) is 2.92. The van der Waals surface area contributed by atoms with Crippen LogP contribution in [0.2, 0.25) is 0 Å². The molecule has 19 heavy (non-hydrogen) atoms. The van der Waals surface area contributed by atoms with Crippen LogP contribution in [-0.4, -0.2) is 48.5 Å². The van der Waals surface area contributed by atoms with Gasteiger partial charge in [0.15, 0.2) is 0 Å². The molecule has 0 amide bonds. The second-order valence-electron chi connectivity index (χ2n) is 6.40. The van der Waals surface area contributed by atoms with Gasteiger partial charge in [-0.15, -0.1) is 0 Å². The average Bonchev–Trinajstić information content (AvgIpc) is 2.21.